The largest absolute Gasteiger partial charge is 0.368 e. The number of aryl methyl sites for hydroxylation is 1. The van der Waals surface area contributed by atoms with Gasteiger partial charge in [0.05, 0.1) is 0 Å². The van der Waals surface area contributed by atoms with E-state index in [1.54, 1.807) is 25.2 Å². The predicted octanol–water partition coefficient (Wildman–Crippen LogP) is 2.82. The Labute approximate surface area is 118 Å². The van der Waals surface area contributed by atoms with Crippen LogP contribution in [-0.4, -0.2) is 21.0 Å². The molecule has 0 aliphatic heterocycles. The van der Waals surface area contributed by atoms with Crippen LogP contribution in [0.2, 0.25) is 0 Å². The van der Waals surface area contributed by atoms with E-state index in [0.29, 0.717) is 16.8 Å². The first-order chi connectivity index (χ1) is 8.93. The third-order valence-electron chi connectivity index (χ3n) is 2.51. The van der Waals surface area contributed by atoms with E-state index >= 15 is 0 Å². The Balaban J connectivity index is 2.86. The van der Waals surface area contributed by atoms with Gasteiger partial charge in [-0.2, -0.15) is 15.0 Å². The van der Waals surface area contributed by atoms with Gasteiger partial charge < -0.3 is 11.1 Å². The van der Waals surface area contributed by atoms with Gasteiger partial charge in [0.25, 0.3) is 0 Å². The van der Waals surface area contributed by atoms with Crippen LogP contribution in [-0.2, 0) is 0 Å². The summed E-state index contributed by atoms with van der Waals surface area (Å²) in [5, 5.41) is 3.79. The third kappa shape index (κ3) is 4.71. The molecule has 102 valence electrons. The topological polar surface area (TPSA) is 76.7 Å². The van der Waals surface area contributed by atoms with Gasteiger partial charge in [-0.05, 0) is 32.4 Å². The molecule has 0 saturated heterocycles. The number of hydrogen-bond acceptors (Lipinski definition) is 5. The standard InChI is InChI=1S/C13H18ClN5/c1-5-6-7-11(14)8(2)9(3)16-13-18-10(4)17-12(15)19-13/h5-7,9H,1H2,2-4H3,(H3,15,16,17,18,19)/b7-6-,11-8-. The number of nitrogens with two attached hydrogens (primary N) is 1. The lowest BCUT2D eigenvalue weighted by Gasteiger charge is -2.15. The smallest absolute Gasteiger partial charge is 0.228 e. The maximum absolute atomic E-state index is 6.16. The quantitative estimate of drug-likeness (QED) is 0.811. The van der Waals surface area contributed by atoms with Crippen LogP contribution >= 0.6 is 11.6 Å². The van der Waals surface area contributed by atoms with E-state index in [2.05, 4.69) is 26.8 Å². The van der Waals surface area contributed by atoms with Gasteiger partial charge in [-0.3, -0.25) is 0 Å². The Morgan fingerprint density at radius 2 is 2.11 bits per heavy atom. The zero-order valence-corrected chi connectivity index (χ0v) is 12.1. The van der Waals surface area contributed by atoms with Crippen molar-refractivity contribution >= 4 is 23.5 Å². The zero-order chi connectivity index (χ0) is 14.4. The summed E-state index contributed by atoms with van der Waals surface area (Å²) in [6, 6.07) is -0.0248. The Morgan fingerprint density at radius 3 is 2.68 bits per heavy atom. The molecule has 3 N–H and O–H groups in total. The molecule has 1 aromatic heterocycles. The van der Waals surface area contributed by atoms with Crippen molar-refractivity contribution in [1.82, 2.24) is 15.0 Å². The number of rotatable bonds is 5. The molecule has 0 aromatic carbocycles. The number of nitrogens with zero attached hydrogens (tertiary/aromatic N) is 3. The molecular formula is C13H18ClN5. The fraction of sp³-hybridized carbons (Fsp3) is 0.308. The molecule has 19 heavy (non-hydrogen) atoms. The number of hydrogen-bond donors (Lipinski definition) is 2. The van der Waals surface area contributed by atoms with Crippen LogP contribution in [0, 0.1) is 6.92 Å². The van der Waals surface area contributed by atoms with Crippen molar-refractivity contribution < 1.29 is 0 Å². The van der Waals surface area contributed by atoms with Crippen LogP contribution in [0.25, 0.3) is 0 Å². The molecule has 6 heteroatoms. The van der Waals surface area contributed by atoms with E-state index < -0.39 is 0 Å². The van der Waals surface area contributed by atoms with Crippen LogP contribution < -0.4 is 11.1 Å². The Bertz CT molecular complexity index is 502. The molecule has 0 radical (unpaired) electrons. The lowest BCUT2D eigenvalue weighted by atomic mass is 10.1. The highest BCUT2D eigenvalue weighted by Gasteiger charge is 2.10. The van der Waals surface area contributed by atoms with Crippen molar-refractivity contribution in [2.75, 3.05) is 11.1 Å². The minimum absolute atomic E-state index is 0.0248. The van der Waals surface area contributed by atoms with Gasteiger partial charge in [-0.25, -0.2) is 0 Å². The number of nitrogens with one attached hydrogen (secondary N) is 1. The fourth-order valence-electron chi connectivity index (χ4n) is 1.36. The molecule has 0 aliphatic rings. The second-order valence-corrected chi connectivity index (χ2v) is 4.46. The first-order valence-electron chi connectivity index (χ1n) is 5.84. The lowest BCUT2D eigenvalue weighted by Crippen LogP contribution is -2.20. The van der Waals surface area contributed by atoms with Crippen molar-refractivity contribution in [2.24, 2.45) is 0 Å². The lowest BCUT2D eigenvalue weighted by molar-refractivity contribution is 0.876. The summed E-state index contributed by atoms with van der Waals surface area (Å²) in [5.41, 5.74) is 6.54. The van der Waals surface area contributed by atoms with Crippen LogP contribution in [0.5, 0.6) is 0 Å². The molecule has 0 spiro atoms. The first kappa shape index (κ1) is 15.2. The molecule has 0 bridgehead atoms. The van der Waals surface area contributed by atoms with E-state index in [9.17, 15) is 0 Å². The van der Waals surface area contributed by atoms with Crippen molar-refractivity contribution in [1.29, 1.82) is 0 Å². The van der Waals surface area contributed by atoms with E-state index in [4.69, 9.17) is 17.3 Å². The highest BCUT2D eigenvalue weighted by atomic mass is 35.5. The summed E-state index contributed by atoms with van der Waals surface area (Å²) in [5.74, 6) is 1.21. The van der Waals surface area contributed by atoms with Crippen molar-refractivity contribution in [3.63, 3.8) is 0 Å². The number of halogens is 1. The van der Waals surface area contributed by atoms with Gasteiger partial charge in [-0.15, -0.1) is 0 Å². The van der Waals surface area contributed by atoms with Gasteiger partial charge in [0.15, 0.2) is 0 Å². The Hall–Kier alpha value is -1.88. The molecule has 1 atom stereocenters. The second-order valence-electron chi connectivity index (χ2n) is 4.06. The highest BCUT2D eigenvalue weighted by Crippen LogP contribution is 2.17. The zero-order valence-electron chi connectivity index (χ0n) is 11.3. The average Bonchev–Trinajstić information content (AvgIpc) is 2.33. The molecular weight excluding hydrogens is 262 g/mol. The molecule has 1 unspecified atom stereocenters. The second kappa shape index (κ2) is 6.89. The minimum Gasteiger partial charge on any atom is -0.368 e. The number of nitrogen functional groups attached to an aromatic ring is 1. The fourth-order valence-corrected chi connectivity index (χ4v) is 1.60. The summed E-state index contributed by atoms with van der Waals surface area (Å²) < 4.78 is 0. The first-order valence-corrected chi connectivity index (χ1v) is 6.22. The van der Waals surface area contributed by atoms with Crippen LogP contribution in [0.3, 0.4) is 0 Å². The SMILES string of the molecule is C=C/C=C\C(Cl)=C(/C)C(C)Nc1nc(C)nc(N)n1. The van der Waals surface area contributed by atoms with Gasteiger partial charge >= 0.3 is 0 Å². The maximum atomic E-state index is 6.16. The summed E-state index contributed by atoms with van der Waals surface area (Å²) in [4.78, 5) is 12.1. The normalized spacial score (nSPS) is 14.1. The molecule has 0 amide bonds. The van der Waals surface area contributed by atoms with Crippen molar-refractivity contribution in [2.45, 2.75) is 26.8 Å². The number of anilines is 2. The van der Waals surface area contributed by atoms with Crippen LogP contribution in [0.4, 0.5) is 11.9 Å². The average molecular weight is 280 g/mol. The van der Waals surface area contributed by atoms with Crippen molar-refractivity contribution in [3.8, 4) is 0 Å². The van der Waals surface area contributed by atoms with Gasteiger partial charge in [0.2, 0.25) is 11.9 Å². The van der Waals surface area contributed by atoms with E-state index in [-0.39, 0.29) is 12.0 Å². The van der Waals surface area contributed by atoms with Crippen LogP contribution in [0.1, 0.15) is 19.7 Å². The van der Waals surface area contributed by atoms with Crippen molar-refractivity contribution in [3.05, 3.63) is 41.2 Å². The van der Waals surface area contributed by atoms with Gasteiger partial charge in [0.1, 0.15) is 5.82 Å². The van der Waals surface area contributed by atoms with E-state index in [1.807, 2.05) is 13.8 Å². The monoisotopic (exact) mass is 279 g/mol. The van der Waals surface area contributed by atoms with Gasteiger partial charge in [-0.1, -0.05) is 30.3 Å². The van der Waals surface area contributed by atoms with E-state index in [0.717, 1.165) is 5.57 Å². The number of allylic oxidation sites excluding steroid dienone is 4. The molecule has 1 aromatic rings. The summed E-state index contributed by atoms with van der Waals surface area (Å²) in [6.45, 7) is 9.26. The highest BCUT2D eigenvalue weighted by molar-refractivity contribution is 6.31. The molecule has 0 aliphatic carbocycles. The summed E-state index contributed by atoms with van der Waals surface area (Å²) in [7, 11) is 0. The Kier molecular flexibility index (Phi) is 5.51. The molecule has 0 fully saturated rings. The summed E-state index contributed by atoms with van der Waals surface area (Å²) in [6.07, 6.45) is 5.24. The minimum atomic E-state index is -0.0248. The summed E-state index contributed by atoms with van der Waals surface area (Å²) >= 11 is 6.16. The Morgan fingerprint density at radius 1 is 1.42 bits per heavy atom. The number of aromatic nitrogens is 3. The molecule has 1 heterocycles. The van der Waals surface area contributed by atoms with Crippen LogP contribution in [0.15, 0.2) is 35.4 Å². The predicted molar refractivity (Wildman–Crippen MR) is 80.0 cm³/mol. The van der Waals surface area contributed by atoms with E-state index in [1.165, 1.54) is 0 Å². The molecule has 0 saturated carbocycles. The molecule has 5 nitrogen and oxygen atoms in total. The maximum Gasteiger partial charge on any atom is 0.228 e. The molecule has 1 rings (SSSR count). The van der Waals surface area contributed by atoms with Gasteiger partial charge in [0, 0.05) is 11.1 Å². The third-order valence-corrected chi connectivity index (χ3v) is 2.94.